The second kappa shape index (κ2) is 6.23. The molecule has 1 unspecified atom stereocenters. The fraction of sp³-hybridized carbons (Fsp3) is 0.188. The lowest BCUT2D eigenvalue weighted by molar-refractivity contribution is -0.118. The van der Waals surface area contributed by atoms with Crippen molar-refractivity contribution in [1.82, 2.24) is 0 Å². The molecule has 1 atom stereocenters. The molecule has 0 aliphatic carbocycles. The van der Waals surface area contributed by atoms with Crippen molar-refractivity contribution in [1.29, 1.82) is 0 Å². The molecule has 0 saturated heterocycles. The lowest BCUT2D eigenvalue weighted by Gasteiger charge is -2.16. The molecule has 19 heavy (non-hydrogen) atoms. The number of hydrogen-bond donors (Lipinski definition) is 0. The monoisotopic (exact) mass is 292 g/mol. The van der Waals surface area contributed by atoms with Crippen LogP contribution in [0.2, 0.25) is 10.0 Å². The average Bonchev–Trinajstić information content (AvgIpc) is 2.38. The molecule has 1 nitrogen and oxygen atoms in total. The van der Waals surface area contributed by atoms with Gasteiger partial charge in [0.1, 0.15) is 5.78 Å². The topological polar surface area (TPSA) is 17.1 Å². The minimum atomic E-state index is -0.229. The van der Waals surface area contributed by atoms with Crippen LogP contribution in [0.25, 0.3) is 0 Å². The first-order valence-corrected chi connectivity index (χ1v) is 6.83. The van der Waals surface area contributed by atoms with Crippen LogP contribution in [0.3, 0.4) is 0 Å². The molecule has 0 heterocycles. The lowest BCUT2D eigenvalue weighted by Crippen LogP contribution is -2.12. The van der Waals surface area contributed by atoms with Crippen molar-refractivity contribution in [2.24, 2.45) is 0 Å². The van der Waals surface area contributed by atoms with Crippen LogP contribution in [0, 0.1) is 0 Å². The summed E-state index contributed by atoms with van der Waals surface area (Å²) in [4.78, 5) is 11.9. The minimum Gasteiger partial charge on any atom is -0.299 e. The molecule has 0 fully saturated rings. The predicted octanol–water partition coefficient (Wildman–Crippen LogP) is 4.91. The normalized spacial score (nSPS) is 12.2. The molecule has 0 amide bonds. The van der Waals surface area contributed by atoms with E-state index >= 15 is 0 Å². The lowest BCUT2D eigenvalue weighted by atomic mass is 9.89. The molecule has 0 bridgehead atoms. The van der Waals surface area contributed by atoms with Crippen LogP contribution in [-0.2, 0) is 11.2 Å². The number of halogens is 2. The maximum absolute atomic E-state index is 11.9. The van der Waals surface area contributed by atoms with Gasteiger partial charge in [-0.25, -0.2) is 0 Å². The predicted molar refractivity (Wildman–Crippen MR) is 80.0 cm³/mol. The van der Waals surface area contributed by atoms with Crippen molar-refractivity contribution in [3.8, 4) is 0 Å². The van der Waals surface area contributed by atoms with E-state index in [1.807, 2.05) is 36.4 Å². The van der Waals surface area contributed by atoms with Crippen LogP contribution < -0.4 is 0 Å². The van der Waals surface area contributed by atoms with Crippen molar-refractivity contribution >= 4 is 29.0 Å². The van der Waals surface area contributed by atoms with Gasteiger partial charge in [0.05, 0.1) is 0 Å². The Kier molecular flexibility index (Phi) is 4.62. The Labute approximate surface area is 123 Å². The number of carbonyl (C=O) groups excluding carboxylic acids is 1. The van der Waals surface area contributed by atoms with Crippen LogP contribution >= 0.6 is 23.2 Å². The number of ketones is 1. The Bertz CT molecular complexity index is 579. The Balaban J connectivity index is 2.33. The highest BCUT2D eigenvalue weighted by Crippen LogP contribution is 2.30. The molecule has 0 aromatic heterocycles. The first kappa shape index (κ1) is 14.1. The first-order valence-electron chi connectivity index (χ1n) is 6.07. The molecule has 0 aliphatic rings. The van der Waals surface area contributed by atoms with Crippen molar-refractivity contribution in [3.05, 3.63) is 69.7 Å². The van der Waals surface area contributed by atoms with Gasteiger partial charge in [-0.1, -0.05) is 59.6 Å². The second-order valence-corrected chi connectivity index (χ2v) is 5.36. The Morgan fingerprint density at radius 1 is 1.11 bits per heavy atom. The fourth-order valence-corrected chi connectivity index (χ4v) is 2.65. The standard InChI is InChI=1S/C16H14Cl2O/c1-11(19)15(9-12-5-3-2-4-6-12)14-8-7-13(17)10-16(14)18/h2-8,10,15H,9H2,1H3. The average molecular weight is 293 g/mol. The zero-order valence-corrected chi connectivity index (χ0v) is 12.1. The van der Waals surface area contributed by atoms with E-state index in [9.17, 15) is 4.79 Å². The molecule has 2 aromatic rings. The zero-order valence-electron chi connectivity index (χ0n) is 10.6. The van der Waals surface area contributed by atoms with E-state index in [2.05, 4.69) is 0 Å². The third kappa shape index (κ3) is 3.59. The highest BCUT2D eigenvalue weighted by atomic mass is 35.5. The van der Waals surface area contributed by atoms with E-state index in [0.29, 0.717) is 16.5 Å². The van der Waals surface area contributed by atoms with Crippen LogP contribution in [-0.4, -0.2) is 5.78 Å². The van der Waals surface area contributed by atoms with Gasteiger partial charge < -0.3 is 0 Å². The summed E-state index contributed by atoms with van der Waals surface area (Å²) in [6.07, 6.45) is 0.650. The van der Waals surface area contributed by atoms with Crippen molar-refractivity contribution in [2.75, 3.05) is 0 Å². The van der Waals surface area contributed by atoms with Crippen LogP contribution in [0.1, 0.15) is 24.0 Å². The van der Waals surface area contributed by atoms with E-state index in [0.717, 1.165) is 11.1 Å². The van der Waals surface area contributed by atoms with Gasteiger partial charge in [0, 0.05) is 16.0 Å². The first-order chi connectivity index (χ1) is 9.08. The summed E-state index contributed by atoms with van der Waals surface area (Å²) in [5, 5.41) is 1.12. The fourth-order valence-electron chi connectivity index (χ4n) is 2.11. The van der Waals surface area contributed by atoms with Gasteiger partial charge in [-0.2, -0.15) is 0 Å². The van der Waals surface area contributed by atoms with E-state index in [4.69, 9.17) is 23.2 Å². The summed E-state index contributed by atoms with van der Waals surface area (Å²) in [5.41, 5.74) is 1.95. The highest BCUT2D eigenvalue weighted by Gasteiger charge is 2.20. The SMILES string of the molecule is CC(=O)C(Cc1ccccc1)c1ccc(Cl)cc1Cl. The third-order valence-electron chi connectivity index (χ3n) is 3.11. The number of rotatable bonds is 4. The third-order valence-corrected chi connectivity index (χ3v) is 3.67. The molecule has 0 saturated carbocycles. The van der Waals surface area contributed by atoms with Gasteiger partial charge in [-0.3, -0.25) is 4.79 Å². The number of hydrogen-bond acceptors (Lipinski definition) is 1. The van der Waals surface area contributed by atoms with Gasteiger partial charge in [0.25, 0.3) is 0 Å². The molecular formula is C16H14Cl2O. The van der Waals surface area contributed by atoms with Crippen LogP contribution in [0.15, 0.2) is 48.5 Å². The van der Waals surface area contributed by atoms with Gasteiger partial charge >= 0.3 is 0 Å². The molecule has 2 aromatic carbocycles. The summed E-state index contributed by atoms with van der Waals surface area (Å²) in [7, 11) is 0. The highest BCUT2D eigenvalue weighted by molar-refractivity contribution is 6.35. The summed E-state index contributed by atoms with van der Waals surface area (Å²) < 4.78 is 0. The van der Waals surface area contributed by atoms with Crippen LogP contribution in [0.4, 0.5) is 0 Å². The van der Waals surface area contributed by atoms with Crippen molar-refractivity contribution in [2.45, 2.75) is 19.3 Å². The molecule has 0 spiro atoms. The van der Waals surface area contributed by atoms with E-state index in [1.165, 1.54) is 0 Å². The Hall–Kier alpha value is -1.31. The summed E-state index contributed by atoms with van der Waals surface area (Å²) >= 11 is 12.1. The van der Waals surface area contributed by atoms with Gasteiger partial charge in [-0.15, -0.1) is 0 Å². The number of carbonyl (C=O) groups is 1. The van der Waals surface area contributed by atoms with E-state index in [-0.39, 0.29) is 11.7 Å². The smallest absolute Gasteiger partial charge is 0.137 e. The molecule has 0 aliphatic heterocycles. The molecule has 0 radical (unpaired) electrons. The van der Waals surface area contributed by atoms with Gasteiger partial charge in [0.15, 0.2) is 0 Å². The molecule has 2 rings (SSSR count). The molecule has 98 valence electrons. The van der Waals surface area contributed by atoms with E-state index in [1.54, 1.807) is 19.1 Å². The Morgan fingerprint density at radius 2 is 1.79 bits per heavy atom. The number of benzene rings is 2. The molecular weight excluding hydrogens is 279 g/mol. The van der Waals surface area contributed by atoms with Crippen molar-refractivity contribution in [3.63, 3.8) is 0 Å². The summed E-state index contributed by atoms with van der Waals surface area (Å²) in [6.45, 7) is 1.60. The van der Waals surface area contributed by atoms with Gasteiger partial charge in [0.2, 0.25) is 0 Å². The zero-order chi connectivity index (χ0) is 13.8. The summed E-state index contributed by atoms with van der Waals surface area (Å²) in [6, 6.07) is 15.2. The molecule has 3 heteroatoms. The van der Waals surface area contributed by atoms with Crippen LogP contribution in [0.5, 0.6) is 0 Å². The second-order valence-electron chi connectivity index (χ2n) is 4.52. The quantitative estimate of drug-likeness (QED) is 0.783. The minimum absolute atomic E-state index is 0.105. The maximum atomic E-state index is 11.9. The largest absolute Gasteiger partial charge is 0.299 e. The summed E-state index contributed by atoms with van der Waals surface area (Å²) in [5.74, 6) is -0.125. The Morgan fingerprint density at radius 3 is 2.37 bits per heavy atom. The maximum Gasteiger partial charge on any atom is 0.137 e. The van der Waals surface area contributed by atoms with Gasteiger partial charge in [-0.05, 0) is 36.6 Å². The molecule has 0 N–H and O–H groups in total. The van der Waals surface area contributed by atoms with E-state index < -0.39 is 0 Å². The van der Waals surface area contributed by atoms with Crippen molar-refractivity contribution < 1.29 is 4.79 Å². The number of Topliss-reactive ketones (excluding diaryl/α,β-unsaturated/α-hetero) is 1.